The van der Waals surface area contributed by atoms with Gasteiger partial charge in [-0.2, -0.15) is 0 Å². The van der Waals surface area contributed by atoms with E-state index in [1.54, 1.807) is 7.11 Å². The Kier molecular flexibility index (Phi) is 6.00. The molecule has 0 aromatic heterocycles. The summed E-state index contributed by atoms with van der Waals surface area (Å²) >= 11 is 0. The standard InChI is InChI=1S/C21H32N2O2/c1-4-23(15(2)11-16-5-9-20(25-3)10-6-16)21(24)14-17-12-18-7-8-19(13-17)22-18/h5-6,9-10,15,17-19,22H,4,7-8,11-14H2,1-3H3. The molecule has 1 aromatic carbocycles. The topological polar surface area (TPSA) is 41.6 Å². The van der Waals surface area contributed by atoms with E-state index in [0.717, 1.165) is 25.1 Å². The second-order valence-corrected chi connectivity index (χ2v) is 7.76. The Labute approximate surface area is 151 Å². The van der Waals surface area contributed by atoms with Crippen LogP contribution in [0.25, 0.3) is 0 Å². The van der Waals surface area contributed by atoms with Gasteiger partial charge in [0.1, 0.15) is 5.75 Å². The maximum atomic E-state index is 12.9. The van der Waals surface area contributed by atoms with Crippen molar-refractivity contribution >= 4 is 5.91 Å². The molecule has 0 spiro atoms. The van der Waals surface area contributed by atoms with Crippen LogP contribution >= 0.6 is 0 Å². The number of carbonyl (C=O) groups excluding carboxylic acids is 1. The van der Waals surface area contributed by atoms with Crippen molar-refractivity contribution in [2.75, 3.05) is 13.7 Å². The van der Waals surface area contributed by atoms with Gasteiger partial charge >= 0.3 is 0 Å². The first-order chi connectivity index (χ1) is 12.1. The predicted octanol–water partition coefficient (Wildman–Crippen LogP) is 3.40. The molecular weight excluding hydrogens is 312 g/mol. The lowest BCUT2D eigenvalue weighted by Gasteiger charge is -2.33. The monoisotopic (exact) mass is 344 g/mol. The zero-order valence-corrected chi connectivity index (χ0v) is 15.8. The lowest BCUT2D eigenvalue weighted by molar-refractivity contribution is -0.134. The minimum atomic E-state index is 0.226. The third kappa shape index (κ3) is 4.55. The van der Waals surface area contributed by atoms with Crippen molar-refractivity contribution in [2.24, 2.45) is 5.92 Å². The van der Waals surface area contributed by atoms with Crippen LogP contribution in [-0.2, 0) is 11.2 Å². The largest absolute Gasteiger partial charge is 0.497 e. The van der Waals surface area contributed by atoms with E-state index in [1.807, 2.05) is 12.1 Å². The Morgan fingerprint density at radius 1 is 1.24 bits per heavy atom. The first-order valence-corrected chi connectivity index (χ1v) is 9.77. The third-order valence-electron chi connectivity index (χ3n) is 5.92. The average molecular weight is 344 g/mol. The number of hydrogen-bond acceptors (Lipinski definition) is 3. The highest BCUT2D eigenvalue weighted by Crippen LogP contribution is 2.33. The fraction of sp³-hybridized carbons (Fsp3) is 0.667. The molecule has 2 fully saturated rings. The molecule has 1 aromatic rings. The Morgan fingerprint density at radius 2 is 1.88 bits per heavy atom. The van der Waals surface area contributed by atoms with E-state index in [1.165, 1.54) is 31.2 Å². The molecule has 25 heavy (non-hydrogen) atoms. The van der Waals surface area contributed by atoms with Crippen LogP contribution in [0.3, 0.4) is 0 Å². The van der Waals surface area contributed by atoms with Crippen molar-refractivity contribution in [1.29, 1.82) is 0 Å². The molecule has 4 nitrogen and oxygen atoms in total. The molecule has 0 aliphatic carbocycles. The zero-order valence-electron chi connectivity index (χ0n) is 15.8. The number of carbonyl (C=O) groups is 1. The number of rotatable bonds is 7. The van der Waals surface area contributed by atoms with Crippen molar-refractivity contribution in [3.8, 4) is 5.75 Å². The molecule has 2 heterocycles. The van der Waals surface area contributed by atoms with E-state index in [9.17, 15) is 4.79 Å². The number of nitrogens with one attached hydrogen (secondary N) is 1. The summed E-state index contributed by atoms with van der Waals surface area (Å²) in [5, 5.41) is 3.67. The van der Waals surface area contributed by atoms with Gasteiger partial charge in [-0.3, -0.25) is 4.79 Å². The van der Waals surface area contributed by atoms with Gasteiger partial charge in [0, 0.05) is 31.1 Å². The van der Waals surface area contributed by atoms with E-state index in [2.05, 4.69) is 36.2 Å². The molecule has 0 radical (unpaired) electrons. The van der Waals surface area contributed by atoms with Crippen molar-refractivity contribution in [1.82, 2.24) is 10.2 Å². The first-order valence-electron chi connectivity index (χ1n) is 9.77. The van der Waals surface area contributed by atoms with Crippen LogP contribution in [0, 0.1) is 5.92 Å². The number of benzene rings is 1. The smallest absolute Gasteiger partial charge is 0.223 e. The van der Waals surface area contributed by atoms with Gasteiger partial charge in [0.15, 0.2) is 0 Å². The molecule has 4 heteroatoms. The number of hydrogen-bond donors (Lipinski definition) is 1. The molecule has 0 saturated carbocycles. The fourth-order valence-electron chi connectivity index (χ4n) is 4.65. The molecule has 3 rings (SSSR count). The van der Waals surface area contributed by atoms with Gasteiger partial charge in [-0.15, -0.1) is 0 Å². The van der Waals surface area contributed by atoms with Crippen LogP contribution in [0.2, 0.25) is 0 Å². The quantitative estimate of drug-likeness (QED) is 0.824. The summed E-state index contributed by atoms with van der Waals surface area (Å²) in [5.74, 6) is 1.77. The van der Waals surface area contributed by atoms with Gasteiger partial charge in [0.05, 0.1) is 7.11 Å². The molecule has 2 saturated heterocycles. The number of likely N-dealkylation sites (N-methyl/N-ethyl adjacent to an activating group) is 1. The highest BCUT2D eigenvalue weighted by Gasteiger charge is 2.35. The van der Waals surface area contributed by atoms with Crippen molar-refractivity contribution < 1.29 is 9.53 Å². The van der Waals surface area contributed by atoms with Crippen molar-refractivity contribution in [3.63, 3.8) is 0 Å². The van der Waals surface area contributed by atoms with E-state index in [-0.39, 0.29) is 6.04 Å². The summed E-state index contributed by atoms with van der Waals surface area (Å²) in [6, 6.07) is 9.71. The number of methoxy groups -OCH3 is 1. The van der Waals surface area contributed by atoms with Crippen LogP contribution in [0.15, 0.2) is 24.3 Å². The lowest BCUT2D eigenvalue weighted by atomic mass is 9.89. The number of piperidine rings is 1. The number of amides is 1. The van der Waals surface area contributed by atoms with Crippen LogP contribution in [-0.4, -0.2) is 42.6 Å². The van der Waals surface area contributed by atoms with Gasteiger partial charge in [-0.1, -0.05) is 12.1 Å². The predicted molar refractivity (Wildman–Crippen MR) is 101 cm³/mol. The minimum absolute atomic E-state index is 0.226. The lowest BCUT2D eigenvalue weighted by Crippen LogP contribution is -2.43. The van der Waals surface area contributed by atoms with Crippen LogP contribution < -0.4 is 10.1 Å². The van der Waals surface area contributed by atoms with Gasteiger partial charge in [0.25, 0.3) is 0 Å². The molecule has 3 unspecified atom stereocenters. The molecule has 1 amide bonds. The second kappa shape index (κ2) is 8.22. The van der Waals surface area contributed by atoms with E-state index < -0.39 is 0 Å². The number of ether oxygens (including phenoxy) is 1. The van der Waals surface area contributed by atoms with E-state index in [4.69, 9.17) is 4.74 Å². The van der Waals surface area contributed by atoms with Crippen LogP contribution in [0.5, 0.6) is 5.75 Å². The summed E-state index contributed by atoms with van der Waals surface area (Å²) < 4.78 is 5.22. The Hall–Kier alpha value is -1.55. The Morgan fingerprint density at radius 3 is 2.44 bits per heavy atom. The van der Waals surface area contributed by atoms with Gasteiger partial charge in [0.2, 0.25) is 5.91 Å². The van der Waals surface area contributed by atoms with Gasteiger partial charge in [-0.25, -0.2) is 0 Å². The SMILES string of the molecule is CCN(C(=O)CC1CC2CCC(C1)N2)C(C)Cc1ccc(OC)cc1. The molecule has 2 aliphatic rings. The summed E-state index contributed by atoms with van der Waals surface area (Å²) in [6.07, 6.45) is 6.54. The molecule has 3 atom stereocenters. The van der Waals surface area contributed by atoms with Gasteiger partial charge < -0.3 is 15.0 Å². The number of nitrogens with zero attached hydrogens (tertiary/aromatic N) is 1. The van der Waals surface area contributed by atoms with Crippen molar-refractivity contribution in [2.45, 2.75) is 70.5 Å². The van der Waals surface area contributed by atoms with E-state index >= 15 is 0 Å². The summed E-state index contributed by atoms with van der Waals surface area (Å²) in [4.78, 5) is 15.0. The summed E-state index contributed by atoms with van der Waals surface area (Å²) in [7, 11) is 1.68. The maximum Gasteiger partial charge on any atom is 0.223 e. The van der Waals surface area contributed by atoms with Crippen molar-refractivity contribution in [3.05, 3.63) is 29.8 Å². The van der Waals surface area contributed by atoms with Gasteiger partial charge in [-0.05, 0) is 69.6 Å². The fourth-order valence-corrected chi connectivity index (χ4v) is 4.65. The molecule has 138 valence electrons. The average Bonchev–Trinajstić information content (AvgIpc) is 2.94. The molecule has 2 aliphatic heterocycles. The molecule has 2 bridgehead atoms. The Bertz CT molecular complexity index is 560. The normalized spacial score (nSPS) is 26.3. The van der Waals surface area contributed by atoms with E-state index in [0.29, 0.717) is 23.9 Å². The first kappa shape index (κ1) is 18.2. The Balaban J connectivity index is 1.55. The second-order valence-electron chi connectivity index (χ2n) is 7.76. The van der Waals surface area contributed by atoms with Crippen LogP contribution in [0.4, 0.5) is 0 Å². The van der Waals surface area contributed by atoms with Crippen LogP contribution in [0.1, 0.15) is 51.5 Å². The number of fused-ring (bicyclic) bond motifs is 2. The third-order valence-corrected chi connectivity index (χ3v) is 5.92. The highest BCUT2D eigenvalue weighted by atomic mass is 16.5. The highest BCUT2D eigenvalue weighted by molar-refractivity contribution is 5.76. The minimum Gasteiger partial charge on any atom is -0.497 e. The maximum absolute atomic E-state index is 12.9. The zero-order chi connectivity index (χ0) is 17.8. The molecule has 1 N–H and O–H groups in total. The summed E-state index contributed by atoms with van der Waals surface area (Å²) in [6.45, 7) is 5.04. The summed E-state index contributed by atoms with van der Waals surface area (Å²) in [5.41, 5.74) is 1.25. The molecular formula is C21H32N2O2.